The zero-order valence-electron chi connectivity index (χ0n) is 10.4. The van der Waals surface area contributed by atoms with Gasteiger partial charge < -0.3 is 16.0 Å². The van der Waals surface area contributed by atoms with Crippen LogP contribution in [0.2, 0.25) is 0 Å². The van der Waals surface area contributed by atoms with E-state index in [9.17, 15) is 4.79 Å². The van der Waals surface area contributed by atoms with E-state index >= 15 is 0 Å². The number of H-pyrrole nitrogens is 1. The van der Waals surface area contributed by atoms with Gasteiger partial charge in [-0.15, -0.1) is 0 Å². The molecule has 0 radical (unpaired) electrons. The lowest BCUT2D eigenvalue weighted by Gasteiger charge is -2.32. The Hall–Kier alpha value is -2.07. The van der Waals surface area contributed by atoms with Crippen LogP contribution in [-0.4, -0.2) is 23.5 Å². The van der Waals surface area contributed by atoms with E-state index in [0.29, 0.717) is 12.6 Å². The number of aromatic amines is 1. The summed E-state index contributed by atoms with van der Waals surface area (Å²) in [7, 11) is 0. The van der Waals surface area contributed by atoms with Gasteiger partial charge in [0.15, 0.2) is 0 Å². The second-order valence-corrected chi connectivity index (χ2v) is 5.34. The number of fused-ring (bicyclic) bond motifs is 2. The van der Waals surface area contributed by atoms with Crippen molar-refractivity contribution >= 4 is 22.4 Å². The summed E-state index contributed by atoms with van der Waals surface area (Å²) in [6, 6.07) is 6.56. The first-order valence-electron chi connectivity index (χ1n) is 6.58. The maximum absolute atomic E-state index is 11.4. The molecule has 19 heavy (non-hydrogen) atoms. The molecule has 2 heterocycles. The Morgan fingerprint density at radius 3 is 3.11 bits per heavy atom. The third-order valence-electron chi connectivity index (χ3n) is 4.23. The monoisotopic (exact) mass is 253 g/mol. The first-order chi connectivity index (χ1) is 9.24. The van der Waals surface area contributed by atoms with Crippen molar-refractivity contribution in [1.29, 1.82) is 0 Å². The highest BCUT2D eigenvalue weighted by molar-refractivity contribution is 5.99. The molecule has 1 aromatic heterocycles. The van der Waals surface area contributed by atoms with Crippen molar-refractivity contribution in [1.82, 2.24) is 10.3 Å². The Balaban J connectivity index is 1.95. The Kier molecular flexibility index (Phi) is 2.11. The van der Waals surface area contributed by atoms with Crippen molar-refractivity contribution in [3.63, 3.8) is 0 Å². The number of hydrogen-bond donors (Lipinski definition) is 3. The number of hydrogen-bond acceptors (Lipinski definition) is 2. The van der Waals surface area contributed by atoms with E-state index in [0.717, 1.165) is 11.9 Å². The second kappa shape index (κ2) is 3.71. The highest BCUT2D eigenvalue weighted by atomic mass is 16.1. The zero-order chi connectivity index (χ0) is 13.0. The summed E-state index contributed by atoms with van der Waals surface area (Å²) in [5.74, 6) is -0.465. The quantitative estimate of drug-likeness (QED) is 0.714. The number of benzene rings is 1. The molecule has 2 aliphatic rings. The molecule has 0 bridgehead atoms. The molecule has 1 amide bonds. The minimum Gasteiger partial charge on any atom is -0.369 e. The molecule has 0 saturated heterocycles. The molecule has 1 aromatic carbocycles. The molecule has 96 valence electrons. The minimum atomic E-state index is -0.259. The number of primary amides is 1. The molecule has 1 aliphatic carbocycles. The largest absolute Gasteiger partial charge is 0.369 e. The normalized spacial score (nSPS) is 24.9. The van der Waals surface area contributed by atoms with Gasteiger partial charge >= 0.3 is 0 Å². The van der Waals surface area contributed by atoms with E-state index in [1.165, 1.54) is 22.1 Å². The average molecular weight is 253 g/mol. The topological polar surface area (TPSA) is 70.9 Å². The maximum atomic E-state index is 11.4. The maximum Gasteiger partial charge on any atom is 0.225 e. The van der Waals surface area contributed by atoms with E-state index < -0.39 is 0 Å². The van der Waals surface area contributed by atoms with Gasteiger partial charge in [-0.25, -0.2) is 0 Å². The molecular weight excluding hydrogens is 238 g/mol. The van der Waals surface area contributed by atoms with Crippen LogP contribution in [0.3, 0.4) is 0 Å². The van der Waals surface area contributed by atoms with E-state index in [1.807, 2.05) is 6.08 Å². The van der Waals surface area contributed by atoms with Gasteiger partial charge in [-0.2, -0.15) is 0 Å². The van der Waals surface area contributed by atoms with Gasteiger partial charge in [-0.3, -0.25) is 4.79 Å². The molecule has 2 unspecified atom stereocenters. The fourth-order valence-electron chi connectivity index (χ4n) is 3.29. The fourth-order valence-corrected chi connectivity index (χ4v) is 3.29. The minimum absolute atomic E-state index is 0.206. The van der Waals surface area contributed by atoms with Gasteiger partial charge in [0.25, 0.3) is 0 Å². The van der Waals surface area contributed by atoms with E-state index in [2.05, 4.69) is 34.7 Å². The van der Waals surface area contributed by atoms with Crippen molar-refractivity contribution < 1.29 is 4.79 Å². The van der Waals surface area contributed by atoms with Gasteiger partial charge in [0.1, 0.15) is 0 Å². The molecule has 0 saturated carbocycles. The fraction of sp³-hybridized carbons (Fsp3) is 0.267. The molecule has 4 N–H and O–H groups in total. The third-order valence-corrected chi connectivity index (χ3v) is 4.23. The predicted molar refractivity (Wildman–Crippen MR) is 74.5 cm³/mol. The van der Waals surface area contributed by atoms with Crippen LogP contribution >= 0.6 is 0 Å². The molecule has 2 atom stereocenters. The van der Waals surface area contributed by atoms with Crippen LogP contribution in [0.15, 0.2) is 30.5 Å². The molecule has 4 heteroatoms. The van der Waals surface area contributed by atoms with Gasteiger partial charge in [0.2, 0.25) is 5.91 Å². The molecule has 4 nitrogen and oxygen atoms in total. The van der Waals surface area contributed by atoms with Crippen LogP contribution < -0.4 is 11.1 Å². The summed E-state index contributed by atoms with van der Waals surface area (Å²) in [6.07, 6.45) is 5.11. The van der Waals surface area contributed by atoms with Crippen LogP contribution in [0.1, 0.15) is 11.1 Å². The number of aromatic nitrogens is 1. The highest BCUT2D eigenvalue weighted by Gasteiger charge is 2.31. The van der Waals surface area contributed by atoms with Crippen molar-refractivity contribution in [2.45, 2.75) is 12.5 Å². The van der Waals surface area contributed by atoms with Crippen molar-refractivity contribution in [2.75, 3.05) is 6.54 Å². The predicted octanol–water partition coefficient (Wildman–Crippen LogP) is 1.18. The number of nitrogens with one attached hydrogen (secondary N) is 2. The van der Waals surface area contributed by atoms with Gasteiger partial charge in [0, 0.05) is 29.7 Å². The number of carbonyl (C=O) groups is 1. The number of rotatable bonds is 1. The average Bonchev–Trinajstić information content (AvgIpc) is 2.83. The smallest absolute Gasteiger partial charge is 0.225 e. The van der Waals surface area contributed by atoms with E-state index in [4.69, 9.17) is 5.73 Å². The summed E-state index contributed by atoms with van der Waals surface area (Å²) in [5, 5.41) is 4.73. The molecule has 2 aromatic rings. The van der Waals surface area contributed by atoms with Gasteiger partial charge in [-0.1, -0.05) is 18.2 Å². The zero-order valence-corrected chi connectivity index (χ0v) is 10.4. The Bertz CT molecular complexity index is 713. The Labute approximate surface area is 110 Å². The molecule has 0 fully saturated rings. The summed E-state index contributed by atoms with van der Waals surface area (Å²) >= 11 is 0. The first-order valence-corrected chi connectivity index (χ1v) is 6.58. The molecular formula is C15H15N3O. The molecule has 4 rings (SSSR count). The molecule has 0 spiro atoms. The Morgan fingerprint density at radius 2 is 2.26 bits per heavy atom. The van der Waals surface area contributed by atoms with Crippen molar-refractivity contribution in [3.05, 3.63) is 41.6 Å². The van der Waals surface area contributed by atoms with Crippen LogP contribution in [-0.2, 0) is 11.2 Å². The lowest BCUT2D eigenvalue weighted by Crippen LogP contribution is -2.44. The number of amides is 1. The number of carbonyl (C=O) groups excluding carboxylic acids is 1. The van der Waals surface area contributed by atoms with Crippen LogP contribution in [0.4, 0.5) is 0 Å². The lowest BCUT2D eigenvalue weighted by molar-refractivity contribution is -0.120. The number of nitrogens with two attached hydrogens (primary N) is 1. The van der Waals surface area contributed by atoms with Gasteiger partial charge in [-0.05, 0) is 29.2 Å². The van der Waals surface area contributed by atoms with E-state index in [-0.39, 0.29) is 11.8 Å². The van der Waals surface area contributed by atoms with Crippen molar-refractivity contribution in [2.24, 2.45) is 11.7 Å². The van der Waals surface area contributed by atoms with Gasteiger partial charge in [0.05, 0.1) is 5.92 Å². The summed E-state index contributed by atoms with van der Waals surface area (Å²) in [5.41, 5.74) is 10.4. The summed E-state index contributed by atoms with van der Waals surface area (Å²) in [6.45, 7) is 0.638. The summed E-state index contributed by atoms with van der Waals surface area (Å²) in [4.78, 5) is 14.7. The van der Waals surface area contributed by atoms with Crippen LogP contribution in [0.25, 0.3) is 16.5 Å². The van der Waals surface area contributed by atoms with Crippen molar-refractivity contribution in [3.8, 4) is 0 Å². The third kappa shape index (κ3) is 1.47. The standard InChI is InChI=1S/C15H15N3O/c16-15(19)9-4-11-10-2-1-3-12-14(10)8(6-17-12)5-13(11)18-7-9/h1-4,6,9,13,17-18H,5,7H2,(H2,16,19). The first kappa shape index (κ1) is 10.8. The SMILES string of the molecule is NC(=O)C1C=C2c3cccc4[nH]cc(c34)CC2NC1. The summed E-state index contributed by atoms with van der Waals surface area (Å²) < 4.78 is 0. The van der Waals surface area contributed by atoms with Crippen LogP contribution in [0, 0.1) is 5.92 Å². The Morgan fingerprint density at radius 1 is 1.37 bits per heavy atom. The highest BCUT2D eigenvalue weighted by Crippen LogP contribution is 2.38. The molecule has 1 aliphatic heterocycles. The van der Waals surface area contributed by atoms with E-state index in [1.54, 1.807) is 0 Å². The lowest BCUT2D eigenvalue weighted by atomic mass is 9.81. The second-order valence-electron chi connectivity index (χ2n) is 5.34. The van der Waals surface area contributed by atoms with Crippen LogP contribution in [0.5, 0.6) is 0 Å².